The molecule has 4 nitrogen and oxygen atoms in total. The van der Waals surface area contributed by atoms with E-state index < -0.39 is 17.3 Å². The van der Waals surface area contributed by atoms with E-state index in [4.69, 9.17) is 0 Å². The van der Waals surface area contributed by atoms with E-state index in [2.05, 4.69) is 11.1 Å². The standard InChI is InChI=1S/C26H14F3N3O/c27-26(28,29)20-5-2-6-21(13-20)32-24(33)10-8-19-15-31-23-9-7-18(12-22(23)25(19)32)17-4-1-3-16(11-17)14-30/h1-13,15H. The molecule has 2 heterocycles. The summed E-state index contributed by atoms with van der Waals surface area (Å²) in [4.78, 5) is 17.4. The van der Waals surface area contributed by atoms with E-state index in [9.17, 15) is 23.2 Å². The third kappa shape index (κ3) is 3.62. The van der Waals surface area contributed by atoms with Gasteiger partial charge >= 0.3 is 6.18 Å². The summed E-state index contributed by atoms with van der Waals surface area (Å²) in [5, 5.41) is 10.4. The molecule has 7 heteroatoms. The van der Waals surface area contributed by atoms with Crippen molar-refractivity contribution in [3.63, 3.8) is 0 Å². The van der Waals surface area contributed by atoms with Gasteiger partial charge in [0.05, 0.1) is 28.2 Å². The Morgan fingerprint density at radius 3 is 2.45 bits per heavy atom. The zero-order chi connectivity index (χ0) is 23.2. The summed E-state index contributed by atoms with van der Waals surface area (Å²) in [5.74, 6) is 0. The summed E-state index contributed by atoms with van der Waals surface area (Å²) in [7, 11) is 0. The first-order valence-electron chi connectivity index (χ1n) is 9.98. The lowest BCUT2D eigenvalue weighted by Crippen LogP contribution is -2.18. The molecular formula is C26H14F3N3O. The van der Waals surface area contributed by atoms with Crippen molar-refractivity contribution in [1.82, 2.24) is 9.55 Å². The van der Waals surface area contributed by atoms with Crippen molar-refractivity contribution < 1.29 is 13.2 Å². The Bertz CT molecular complexity index is 1650. The van der Waals surface area contributed by atoms with Crippen LogP contribution in [0, 0.1) is 11.3 Å². The fourth-order valence-electron chi connectivity index (χ4n) is 3.94. The fourth-order valence-corrected chi connectivity index (χ4v) is 3.94. The number of nitrogens with zero attached hydrogens (tertiary/aromatic N) is 3. The normalized spacial score (nSPS) is 11.6. The van der Waals surface area contributed by atoms with Crippen LogP contribution < -0.4 is 5.56 Å². The van der Waals surface area contributed by atoms with Gasteiger partial charge in [-0.25, -0.2) is 0 Å². The summed E-state index contributed by atoms with van der Waals surface area (Å²) >= 11 is 0. The van der Waals surface area contributed by atoms with E-state index in [0.29, 0.717) is 27.4 Å². The van der Waals surface area contributed by atoms with Gasteiger partial charge in [0.1, 0.15) is 0 Å². The van der Waals surface area contributed by atoms with Crippen LogP contribution in [0.25, 0.3) is 38.6 Å². The van der Waals surface area contributed by atoms with Crippen LogP contribution in [0.4, 0.5) is 13.2 Å². The smallest absolute Gasteiger partial charge is 0.276 e. The highest BCUT2D eigenvalue weighted by atomic mass is 19.4. The number of pyridine rings is 2. The third-order valence-electron chi connectivity index (χ3n) is 5.47. The molecule has 5 aromatic rings. The predicted molar refractivity (Wildman–Crippen MR) is 120 cm³/mol. The quantitative estimate of drug-likeness (QED) is 0.311. The summed E-state index contributed by atoms with van der Waals surface area (Å²) in [6.45, 7) is 0. The van der Waals surface area contributed by atoms with Crippen LogP contribution in [0.1, 0.15) is 11.1 Å². The first-order chi connectivity index (χ1) is 15.8. The fraction of sp³-hybridized carbons (Fsp3) is 0.0385. The van der Waals surface area contributed by atoms with E-state index in [0.717, 1.165) is 23.3 Å². The maximum atomic E-state index is 13.3. The molecule has 160 valence electrons. The molecule has 0 spiro atoms. The van der Waals surface area contributed by atoms with Gasteiger partial charge < -0.3 is 0 Å². The van der Waals surface area contributed by atoms with Gasteiger partial charge in [-0.1, -0.05) is 24.3 Å². The van der Waals surface area contributed by atoms with Crippen molar-refractivity contribution in [3.8, 4) is 22.9 Å². The van der Waals surface area contributed by atoms with Gasteiger partial charge in [-0.15, -0.1) is 0 Å². The Balaban J connectivity index is 1.84. The maximum Gasteiger partial charge on any atom is 0.416 e. The van der Waals surface area contributed by atoms with Crippen LogP contribution in [0.5, 0.6) is 0 Å². The highest BCUT2D eigenvalue weighted by molar-refractivity contribution is 6.05. The second kappa shape index (κ2) is 7.61. The molecule has 0 aliphatic carbocycles. The van der Waals surface area contributed by atoms with Crippen molar-refractivity contribution in [1.29, 1.82) is 5.26 Å². The van der Waals surface area contributed by atoms with Crippen LogP contribution in [0.3, 0.4) is 0 Å². The summed E-state index contributed by atoms with van der Waals surface area (Å²) in [6, 6.07) is 22.3. The van der Waals surface area contributed by atoms with Crippen molar-refractivity contribution in [2.45, 2.75) is 6.18 Å². The third-order valence-corrected chi connectivity index (χ3v) is 5.47. The van der Waals surface area contributed by atoms with Gasteiger partial charge in [0.15, 0.2) is 0 Å². The van der Waals surface area contributed by atoms with Crippen molar-refractivity contribution >= 4 is 21.8 Å². The number of hydrogen-bond acceptors (Lipinski definition) is 3. The molecule has 2 aromatic heterocycles. The molecule has 0 saturated carbocycles. The molecule has 0 amide bonds. The predicted octanol–water partition coefficient (Wildman–Crippen LogP) is 6.10. The number of nitriles is 1. The SMILES string of the molecule is N#Cc1cccc(-c2ccc3ncc4ccc(=O)n(-c5cccc(C(F)(F)F)c5)c4c3c2)c1. The highest BCUT2D eigenvalue weighted by Gasteiger charge is 2.30. The van der Waals surface area contributed by atoms with Gasteiger partial charge in [-0.05, 0) is 59.7 Å². The van der Waals surface area contributed by atoms with Gasteiger partial charge in [-0.2, -0.15) is 18.4 Å². The minimum Gasteiger partial charge on any atom is -0.276 e. The average Bonchev–Trinajstić information content (AvgIpc) is 2.83. The van der Waals surface area contributed by atoms with Crippen molar-refractivity contribution in [3.05, 3.63) is 107 Å². The van der Waals surface area contributed by atoms with Crippen molar-refractivity contribution in [2.75, 3.05) is 0 Å². The lowest BCUT2D eigenvalue weighted by Gasteiger charge is -2.15. The molecule has 0 unspecified atom stereocenters. The van der Waals surface area contributed by atoms with Crippen LogP contribution >= 0.6 is 0 Å². The lowest BCUT2D eigenvalue weighted by molar-refractivity contribution is -0.137. The van der Waals surface area contributed by atoms with E-state index >= 15 is 0 Å². The Morgan fingerprint density at radius 1 is 0.879 bits per heavy atom. The van der Waals surface area contributed by atoms with Gasteiger partial charge in [-0.3, -0.25) is 14.3 Å². The monoisotopic (exact) mass is 441 g/mol. The molecule has 0 aliphatic heterocycles. The van der Waals surface area contributed by atoms with Crippen LogP contribution in [-0.4, -0.2) is 9.55 Å². The largest absolute Gasteiger partial charge is 0.416 e. The molecule has 0 radical (unpaired) electrons. The summed E-state index contributed by atoms with van der Waals surface area (Å²) in [6.07, 6.45) is -2.94. The molecular weight excluding hydrogens is 427 g/mol. The van der Waals surface area contributed by atoms with E-state index in [1.165, 1.54) is 22.8 Å². The van der Waals surface area contributed by atoms with Crippen LogP contribution in [-0.2, 0) is 6.18 Å². The second-order valence-electron chi connectivity index (χ2n) is 7.54. The van der Waals surface area contributed by atoms with E-state index in [-0.39, 0.29) is 5.69 Å². The minimum absolute atomic E-state index is 0.116. The Hall–Kier alpha value is -4.44. The van der Waals surface area contributed by atoms with E-state index in [1.54, 1.807) is 36.5 Å². The number of fused-ring (bicyclic) bond motifs is 3. The number of alkyl halides is 3. The number of aromatic nitrogens is 2. The Morgan fingerprint density at radius 2 is 1.67 bits per heavy atom. The number of rotatable bonds is 2. The lowest BCUT2D eigenvalue weighted by atomic mass is 10.0. The molecule has 0 N–H and O–H groups in total. The van der Waals surface area contributed by atoms with Gasteiger partial charge in [0, 0.05) is 28.7 Å². The molecule has 5 rings (SSSR count). The zero-order valence-electron chi connectivity index (χ0n) is 17.0. The Kier molecular flexibility index (Phi) is 4.72. The Labute approximate surface area is 185 Å². The maximum absolute atomic E-state index is 13.3. The van der Waals surface area contributed by atoms with E-state index in [1.807, 2.05) is 18.2 Å². The zero-order valence-corrected chi connectivity index (χ0v) is 17.0. The van der Waals surface area contributed by atoms with Crippen molar-refractivity contribution in [2.24, 2.45) is 0 Å². The number of halogens is 3. The molecule has 0 atom stereocenters. The summed E-state index contributed by atoms with van der Waals surface area (Å²) < 4.78 is 41.3. The van der Waals surface area contributed by atoms with Gasteiger partial charge in [0.2, 0.25) is 0 Å². The molecule has 0 fully saturated rings. The molecule has 3 aromatic carbocycles. The molecule has 0 bridgehead atoms. The number of hydrogen-bond donors (Lipinski definition) is 0. The highest BCUT2D eigenvalue weighted by Crippen LogP contribution is 2.33. The molecule has 33 heavy (non-hydrogen) atoms. The number of benzene rings is 3. The average molecular weight is 441 g/mol. The molecule has 0 aliphatic rings. The second-order valence-corrected chi connectivity index (χ2v) is 7.54. The first kappa shape index (κ1) is 20.5. The van der Waals surface area contributed by atoms with Crippen LogP contribution in [0.15, 0.2) is 89.9 Å². The van der Waals surface area contributed by atoms with Crippen LogP contribution in [0.2, 0.25) is 0 Å². The summed E-state index contributed by atoms with van der Waals surface area (Å²) in [5.41, 5.74) is 1.98. The minimum atomic E-state index is -4.53. The first-order valence-corrected chi connectivity index (χ1v) is 9.98. The van der Waals surface area contributed by atoms with Gasteiger partial charge in [0.25, 0.3) is 5.56 Å². The topological polar surface area (TPSA) is 58.7 Å². The molecule has 0 saturated heterocycles.